The lowest BCUT2D eigenvalue weighted by Crippen LogP contribution is -2.48. The summed E-state index contributed by atoms with van der Waals surface area (Å²) in [5, 5.41) is 3.40. The average Bonchev–Trinajstić information content (AvgIpc) is 2.75. The van der Waals surface area contributed by atoms with Crippen molar-refractivity contribution in [3.8, 4) is 11.5 Å². The Balaban J connectivity index is 1.68. The molecule has 0 spiro atoms. The maximum atomic E-state index is 12.3. The van der Waals surface area contributed by atoms with E-state index in [1.807, 2.05) is 13.8 Å². The van der Waals surface area contributed by atoms with Gasteiger partial charge in [-0.05, 0) is 61.0 Å². The summed E-state index contributed by atoms with van der Waals surface area (Å²) in [4.78, 5) is 24.3. The topological polar surface area (TPSA) is 88.7 Å². The van der Waals surface area contributed by atoms with Crippen LogP contribution in [0.5, 0.6) is 11.5 Å². The van der Waals surface area contributed by atoms with Gasteiger partial charge in [0.25, 0.3) is 5.91 Å². The molecule has 0 saturated carbocycles. The minimum atomic E-state index is -0.417. The monoisotopic (exact) mass is 497 g/mol. The number of carbonyl (C=O) groups is 2. The molecule has 0 fully saturated rings. The quantitative estimate of drug-likeness (QED) is 0.268. The van der Waals surface area contributed by atoms with Gasteiger partial charge < -0.3 is 9.47 Å². The van der Waals surface area contributed by atoms with Crippen molar-refractivity contribution in [1.82, 2.24) is 16.2 Å². The second-order valence-electron chi connectivity index (χ2n) is 7.22. The van der Waals surface area contributed by atoms with Crippen molar-refractivity contribution in [1.29, 1.82) is 0 Å². The van der Waals surface area contributed by atoms with E-state index in [0.29, 0.717) is 52.7 Å². The van der Waals surface area contributed by atoms with E-state index in [1.165, 1.54) is 0 Å². The molecular formula is C22H25Cl2N3O4S. The first-order chi connectivity index (χ1) is 15.2. The lowest BCUT2D eigenvalue weighted by molar-refractivity contribution is -0.121. The zero-order valence-corrected chi connectivity index (χ0v) is 20.1. The van der Waals surface area contributed by atoms with Crippen LogP contribution in [0.3, 0.4) is 0 Å². The first-order valence-electron chi connectivity index (χ1n) is 9.95. The number of thiocarbonyl (C=S) groups is 1. The van der Waals surface area contributed by atoms with Gasteiger partial charge in [0.15, 0.2) is 5.11 Å². The number of hydrogen-bond donors (Lipinski definition) is 3. The summed E-state index contributed by atoms with van der Waals surface area (Å²) in [5.41, 5.74) is 5.32. The van der Waals surface area contributed by atoms with Gasteiger partial charge in [-0.2, -0.15) is 0 Å². The number of hydrogen-bond acceptors (Lipinski definition) is 5. The van der Waals surface area contributed by atoms with Gasteiger partial charge in [-0.25, -0.2) is 0 Å². The Hall–Kier alpha value is -2.55. The van der Waals surface area contributed by atoms with Crippen molar-refractivity contribution in [3.05, 3.63) is 58.1 Å². The molecule has 0 heterocycles. The van der Waals surface area contributed by atoms with Crippen LogP contribution < -0.4 is 25.6 Å². The summed E-state index contributed by atoms with van der Waals surface area (Å²) in [6, 6.07) is 11.7. The Bertz CT molecular complexity index is 957. The Labute approximate surface area is 202 Å². The molecule has 0 aliphatic rings. The summed E-state index contributed by atoms with van der Waals surface area (Å²) < 4.78 is 11.1. The summed E-state index contributed by atoms with van der Waals surface area (Å²) in [6.07, 6.45) is 0.638. The fraction of sp³-hybridized carbons (Fsp3) is 0.318. The molecule has 3 N–H and O–H groups in total. The molecule has 0 bridgehead atoms. The largest absolute Gasteiger partial charge is 0.493 e. The van der Waals surface area contributed by atoms with Gasteiger partial charge in [-0.3, -0.25) is 25.8 Å². The van der Waals surface area contributed by atoms with Gasteiger partial charge in [-0.15, -0.1) is 0 Å². The molecule has 0 radical (unpaired) electrons. The molecule has 172 valence electrons. The molecule has 0 aliphatic heterocycles. The van der Waals surface area contributed by atoms with Crippen LogP contribution >= 0.6 is 35.4 Å². The minimum absolute atomic E-state index is 0.0268. The number of halogens is 2. The number of carbonyl (C=O) groups excluding carboxylic acids is 2. The van der Waals surface area contributed by atoms with E-state index in [2.05, 4.69) is 16.2 Å². The standard InChI is InChI=1S/C22H25Cl2N3O4S/c1-14(2)13-31-17-6-3-5-15(11-17)21(29)25-22(32)27-26-20(28)7-4-10-30-19-9-8-16(23)12-18(19)24/h3,5-6,8-9,11-12,14H,4,7,10,13H2,1-2H3,(H,26,28)(H2,25,27,29,32). The van der Waals surface area contributed by atoms with Gasteiger partial charge in [-0.1, -0.05) is 43.1 Å². The van der Waals surface area contributed by atoms with E-state index in [1.54, 1.807) is 42.5 Å². The first-order valence-corrected chi connectivity index (χ1v) is 11.1. The molecule has 0 atom stereocenters. The third-order valence-electron chi connectivity index (χ3n) is 3.92. The Morgan fingerprint density at radius 2 is 1.84 bits per heavy atom. The molecule has 0 unspecified atom stereocenters. The molecule has 2 amide bonds. The van der Waals surface area contributed by atoms with Gasteiger partial charge in [0, 0.05) is 17.0 Å². The Kier molecular flexibility index (Phi) is 10.5. The first kappa shape index (κ1) is 25.7. The van der Waals surface area contributed by atoms with E-state index in [4.69, 9.17) is 44.9 Å². The highest BCUT2D eigenvalue weighted by molar-refractivity contribution is 7.80. The number of hydrazine groups is 1. The van der Waals surface area contributed by atoms with Crippen LogP contribution in [0.2, 0.25) is 10.0 Å². The van der Waals surface area contributed by atoms with Crippen LogP contribution in [0, 0.1) is 5.92 Å². The lowest BCUT2D eigenvalue weighted by atomic mass is 10.2. The van der Waals surface area contributed by atoms with E-state index >= 15 is 0 Å². The number of amides is 2. The third-order valence-corrected chi connectivity index (χ3v) is 4.66. The number of ether oxygens (including phenoxy) is 2. The molecule has 10 heteroatoms. The minimum Gasteiger partial charge on any atom is -0.493 e. The van der Waals surface area contributed by atoms with Crippen LogP contribution in [0.25, 0.3) is 0 Å². The second-order valence-corrected chi connectivity index (χ2v) is 8.47. The molecule has 2 aromatic rings. The molecule has 2 rings (SSSR count). The molecule has 0 saturated heterocycles. The molecule has 32 heavy (non-hydrogen) atoms. The van der Waals surface area contributed by atoms with Gasteiger partial charge in [0.05, 0.1) is 18.2 Å². The molecule has 0 aliphatic carbocycles. The van der Waals surface area contributed by atoms with Crippen LogP contribution in [0.4, 0.5) is 0 Å². The highest BCUT2D eigenvalue weighted by Crippen LogP contribution is 2.27. The normalized spacial score (nSPS) is 10.4. The molecule has 7 nitrogen and oxygen atoms in total. The number of nitrogens with one attached hydrogen (secondary N) is 3. The van der Waals surface area contributed by atoms with Crippen molar-refractivity contribution < 1.29 is 19.1 Å². The van der Waals surface area contributed by atoms with E-state index in [9.17, 15) is 9.59 Å². The summed E-state index contributed by atoms with van der Waals surface area (Å²) >= 11 is 16.9. The highest BCUT2D eigenvalue weighted by Gasteiger charge is 2.10. The maximum absolute atomic E-state index is 12.3. The van der Waals surface area contributed by atoms with Crippen LogP contribution in [-0.4, -0.2) is 30.1 Å². The van der Waals surface area contributed by atoms with E-state index < -0.39 is 5.91 Å². The summed E-state index contributed by atoms with van der Waals surface area (Å²) in [6.45, 7) is 4.93. The predicted octanol–water partition coefficient (Wildman–Crippen LogP) is 4.52. The fourth-order valence-corrected chi connectivity index (χ4v) is 3.00. The Morgan fingerprint density at radius 3 is 2.56 bits per heavy atom. The molecule has 0 aromatic heterocycles. The van der Waals surface area contributed by atoms with Gasteiger partial charge in [0.2, 0.25) is 5.91 Å². The smallest absolute Gasteiger partial charge is 0.257 e. The van der Waals surface area contributed by atoms with E-state index in [0.717, 1.165) is 0 Å². The van der Waals surface area contributed by atoms with Crippen LogP contribution in [0.1, 0.15) is 37.0 Å². The zero-order chi connectivity index (χ0) is 23.5. The van der Waals surface area contributed by atoms with Gasteiger partial charge in [0.1, 0.15) is 11.5 Å². The molecule has 2 aromatic carbocycles. The Morgan fingerprint density at radius 1 is 1.06 bits per heavy atom. The van der Waals surface area contributed by atoms with Gasteiger partial charge >= 0.3 is 0 Å². The van der Waals surface area contributed by atoms with Crippen molar-refractivity contribution in [2.24, 2.45) is 5.92 Å². The average molecular weight is 498 g/mol. The number of benzene rings is 2. The third kappa shape index (κ3) is 9.30. The van der Waals surface area contributed by atoms with Crippen LogP contribution in [-0.2, 0) is 4.79 Å². The van der Waals surface area contributed by atoms with E-state index in [-0.39, 0.29) is 17.4 Å². The number of rotatable bonds is 9. The van der Waals surface area contributed by atoms with Crippen LogP contribution in [0.15, 0.2) is 42.5 Å². The second kappa shape index (κ2) is 13.1. The summed E-state index contributed by atoms with van der Waals surface area (Å²) in [7, 11) is 0. The van der Waals surface area contributed by atoms with Crippen molar-refractivity contribution >= 4 is 52.3 Å². The fourth-order valence-electron chi connectivity index (χ4n) is 2.39. The predicted molar refractivity (Wildman–Crippen MR) is 129 cm³/mol. The SMILES string of the molecule is CC(C)COc1cccc(C(=O)NC(=S)NNC(=O)CCCOc2ccc(Cl)cc2Cl)c1. The lowest BCUT2D eigenvalue weighted by Gasteiger charge is -2.12. The molecular weight excluding hydrogens is 473 g/mol. The maximum Gasteiger partial charge on any atom is 0.257 e. The highest BCUT2D eigenvalue weighted by atomic mass is 35.5. The van der Waals surface area contributed by atoms with Crippen molar-refractivity contribution in [2.45, 2.75) is 26.7 Å². The van der Waals surface area contributed by atoms with Crippen molar-refractivity contribution in [3.63, 3.8) is 0 Å². The summed E-state index contributed by atoms with van der Waals surface area (Å²) in [5.74, 6) is 0.740. The van der Waals surface area contributed by atoms with Crippen molar-refractivity contribution in [2.75, 3.05) is 13.2 Å². The zero-order valence-electron chi connectivity index (χ0n) is 17.7.